The van der Waals surface area contributed by atoms with Gasteiger partial charge in [0.2, 0.25) is 0 Å². The molecule has 0 aromatic heterocycles. The fourth-order valence-electron chi connectivity index (χ4n) is 1.27. The smallest absolute Gasteiger partial charge is 0.340 e. The number of esters is 1. The molecule has 0 saturated heterocycles. The predicted octanol–water partition coefficient (Wildman–Crippen LogP) is 2.85. The van der Waals surface area contributed by atoms with Gasteiger partial charge in [-0.15, -0.1) is 0 Å². The van der Waals surface area contributed by atoms with Gasteiger partial charge < -0.3 is 15.2 Å². The molecule has 0 amide bonds. The Hall–Kier alpha value is -0.820. The summed E-state index contributed by atoms with van der Waals surface area (Å²) in [5, 5.41) is 0. The minimum absolute atomic E-state index is 0.223. The number of hydrogen-bond donors (Lipinski definition) is 1. The number of nitrogen functional groups attached to an aromatic ring is 1. The van der Waals surface area contributed by atoms with E-state index in [0.717, 1.165) is 3.57 Å². The van der Waals surface area contributed by atoms with Crippen LogP contribution in [0, 0.1) is 3.57 Å². The highest BCUT2D eigenvalue weighted by atomic mass is 127. The van der Waals surface area contributed by atoms with E-state index in [4.69, 9.17) is 15.2 Å². The first-order chi connectivity index (χ1) is 8.29. The van der Waals surface area contributed by atoms with Gasteiger partial charge in [-0.3, -0.25) is 0 Å². The molecule has 0 heterocycles. The van der Waals surface area contributed by atoms with E-state index in [0.29, 0.717) is 17.9 Å². The maximum atomic E-state index is 11.8. The summed E-state index contributed by atoms with van der Waals surface area (Å²) in [6.45, 7) is 6.45. The maximum Gasteiger partial charge on any atom is 0.340 e. The number of carbonyl (C=O) groups excluding carboxylic acids is 1. The zero-order valence-electron chi connectivity index (χ0n) is 10.8. The van der Waals surface area contributed by atoms with E-state index in [1.54, 1.807) is 12.1 Å². The topological polar surface area (TPSA) is 61.5 Å². The van der Waals surface area contributed by atoms with Crippen LogP contribution in [-0.2, 0) is 9.47 Å². The van der Waals surface area contributed by atoms with E-state index in [9.17, 15) is 4.79 Å². The van der Waals surface area contributed by atoms with Crippen molar-refractivity contribution in [3.63, 3.8) is 0 Å². The lowest BCUT2D eigenvalue weighted by molar-refractivity contribution is -0.0281. The van der Waals surface area contributed by atoms with Gasteiger partial charge in [-0.05, 0) is 61.6 Å². The fraction of sp³-hybridized carbons (Fsp3) is 0.462. The molecule has 0 unspecified atom stereocenters. The summed E-state index contributed by atoms with van der Waals surface area (Å²) in [5.74, 6) is -0.413. The lowest BCUT2D eigenvalue weighted by Gasteiger charge is -2.19. The van der Waals surface area contributed by atoms with Crippen molar-refractivity contribution in [3.8, 4) is 0 Å². The Kier molecular flexibility index (Phi) is 5.40. The van der Waals surface area contributed by atoms with Crippen molar-refractivity contribution >= 4 is 34.2 Å². The summed E-state index contributed by atoms with van der Waals surface area (Å²) in [6.07, 6.45) is 0. The Morgan fingerprint density at radius 2 is 2.00 bits per heavy atom. The first kappa shape index (κ1) is 15.2. The highest BCUT2D eigenvalue weighted by molar-refractivity contribution is 14.1. The summed E-state index contributed by atoms with van der Waals surface area (Å²) < 4.78 is 11.5. The lowest BCUT2D eigenvalue weighted by atomic mass is 10.2. The van der Waals surface area contributed by atoms with Crippen LogP contribution in [0.4, 0.5) is 5.69 Å². The van der Waals surface area contributed by atoms with Gasteiger partial charge in [-0.2, -0.15) is 0 Å². The summed E-state index contributed by atoms with van der Waals surface area (Å²) >= 11 is 2.12. The van der Waals surface area contributed by atoms with Gasteiger partial charge >= 0.3 is 5.97 Å². The highest BCUT2D eigenvalue weighted by Gasteiger charge is 2.13. The lowest BCUT2D eigenvalue weighted by Crippen LogP contribution is -2.22. The van der Waals surface area contributed by atoms with Crippen LogP contribution in [0.2, 0.25) is 0 Å². The molecule has 4 nitrogen and oxygen atoms in total. The first-order valence-corrected chi connectivity index (χ1v) is 6.73. The molecule has 0 aliphatic rings. The van der Waals surface area contributed by atoms with Crippen LogP contribution in [-0.4, -0.2) is 24.8 Å². The monoisotopic (exact) mass is 363 g/mol. The molecule has 1 aromatic carbocycles. The quantitative estimate of drug-likeness (QED) is 0.387. The number of ether oxygens (including phenoxy) is 2. The largest absolute Gasteiger partial charge is 0.460 e. The van der Waals surface area contributed by atoms with Crippen molar-refractivity contribution in [3.05, 3.63) is 27.3 Å². The Morgan fingerprint density at radius 1 is 1.33 bits per heavy atom. The normalized spacial score (nSPS) is 11.3. The Labute approximate surface area is 121 Å². The molecule has 0 bridgehead atoms. The Balaban J connectivity index is 2.48. The number of benzene rings is 1. The average molecular weight is 363 g/mol. The molecule has 0 saturated carbocycles. The summed E-state index contributed by atoms with van der Waals surface area (Å²) in [4.78, 5) is 11.8. The van der Waals surface area contributed by atoms with E-state index in [1.807, 2.05) is 26.8 Å². The molecule has 0 aliphatic carbocycles. The second kappa shape index (κ2) is 6.38. The molecule has 0 radical (unpaired) electrons. The molecule has 0 atom stereocenters. The Bertz CT molecular complexity index is 427. The van der Waals surface area contributed by atoms with Crippen LogP contribution in [0.25, 0.3) is 0 Å². The van der Waals surface area contributed by atoms with Gasteiger partial charge in [0.25, 0.3) is 0 Å². The third-order valence-corrected chi connectivity index (χ3v) is 2.76. The van der Waals surface area contributed by atoms with E-state index in [-0.39, 0.29) is 12.2 Å². The summed E-state index contributed by atoms with van der Waals surface area (Å²) in [6, 6.07) is 5.25. The number of hydrogen-bond acceptors (Lipinski definition) is 4. The maximum absolute atomic E-state index is 11.8. The number of halogens is 1. The van der Waals surface area contributed by atoms with Crippen LogP contribution in [0.3, 0.4) is 0 Å². The first-order valence-electron chi connectivity index (χ1n) is 5.66. The third kappa shape index (κ3) is 5.22. The average Bonchev–Trinajstić information content (AvgIpc) is 2.26. The molecule has 5 heteroatoms. The van der Waals surface area contributed by atoms with Gasteiger partial charge in [0, 0.05) is 9.26 Å². The molecular weight excluding hydrogens is 345 g/mol. The summed E-state index contributed by atoms with van der Waals surface area (Å²) in [5.41, 5.74) is 6.33. The highest BCUT2D eigenvalue weighted by Crippen LogP contribution is 2.16. The zero-order valence-corrected chi connectivity index (χ0v) is 13.0. The van der Waals surface area contributed by atoms with Crippen molar-refractivity contribution in [2.45, 2.75) is 26.4 Å². The minimum Gasteiger partial charge on any atom is -0.460 e. The third-order valence-electron chi connectivity index (χ3n) is 2.09. The standard InChI is InChI=1S/C13H18INO3/c1-13(2,3)18-7-6-17-12(16)10-8-9(14)4-5-11(10)15/h4-5,8H,6-7,15H2,1-3H3. The molecule has 2 N–H and O–H groups in total. The summed E-state index contributed by atoms with van der Waals surface area (Å²) in [7, 11) is 0. The number of nitrogens with two attached hydrogens (primary N) is 1. The SMILES string of the molecule is CC(C)(C)OCCOC(=O)c1cc(I)ccc1N. The molecule has 1 rings (SSSR count). The van der Waals surface area contributed by atoms with E-state index < -0.39 is 5.97 Å². The second-order valence-corrected chi connectivity index (χ2v) is 6.07. The van der Waals surface area contributed by atoms with Crippen LogP contribution in [0.5, 0.6) is 0 Å². The predicted molar refractivity (Wildman–Crippen MR) is 79.6 cm³/mol. The molecule has 0 aliphatic heterocycles. The van der Waals surface area contributed by atoms with Crippen molar-refractivity contribution in [1.29, 1.82) is 0 Å². The molecular formula is C13H18INO3. The number of carbonyl (C=O) groups is 1. The van der Waals surface area contributed by atoms with Crippen molar-refractivity contribution in [2.75, 3.05) is 18.9 Å². The molecule has 0 spiro atoms. The van der Waals surface area contributed by atoms with Crippen LogP contribution in [0.15, 0.2) is 18.2 Å². The number of rotatable bonds is 4. The van der Waals surface area contributed by atoms with E-state index in [1.165, 1.54) is 0 Å². The molecule has 18 heavy (non-hydrogen) atoms. The van der Waals surface area contributed by atoms with Crippen molar-refractivity contribution < 1.29 is 14.3 Å². The second-order valence-electron chi connectivity index (χ2n) is 4.83. The van der Waals surface area contributed by atoms with Gasteiger partial charge in [0.05, 0.1) is 17.8 Å². The van der Waals surface area contributed by atoms with Gasteiger partial charge in [0.15, 0.2) is 0 Å². The van der Waals surface area contributed by atoms with Crippen LogP contribution < -0.4 is 5.73 Å². The van der Waals surface area contributed by atoms with Gasteiger partial charge in [-0.25, -0.2) is 4.79 Å². The molecule has 1 aromatic rings. The molecule has 100 valence electrons. The van der Waals surface area contributed by atoms with Gasteiger partial charge in [0.1, 0.15) is 6.61 Å². The van der Waals surface area contributed by atoms with Crippen LogP contribution in [0.1, 0.15) is 31.1 Å². The molecule has 0 fully saturated rings. The van der Waals surface area contributed by atoms with Gasteiger partial charge in [-0.1, -0.05) is 0 Å². The van der Waals surface area contributed by atoms with E-state index >= 15 is 0 Å². The van der Waals surface area contributed by atoms with Crippen LogP contribution >= 0.6 is 22.6 Å². The van der Waals surface area contributed by atoms with Crippen molar-refractivity contribution in [2.24, 2.45) is 0 Å². The zero-order chi connectivity index (χ0) is 13.8. The van der Waals surface area contributed by atoms with E-state index in [2.05, 4.69) is 22.6 Å². The Morgan fingerprint density at radius 3 is 2.61 bits per heavy atom. The fourth-order valence-corrected chi connectivity index (χ4v) is 1.76. The number of anilines is 1. The minimum atomic E-state index is -0.413. The van der Waals surface area contributed by atoms with Crippen molar-refractivity contribution in [1.82, 2.24) is 0 Å².